The first-order valence-electron chi connectivity index (χ1n) is 8.64. The second kappa shape index (κ2) is 7.10. The Morgan fingerprint density at radius 2 is 1.95 bits per heavy atom. The van der Waals surface area contributed by atoms with Gasteiger partial charge >= 0.3 is 0 Å². The number of carbonyl (C=O) groups is 1. The van der Waals surface area contributed by atoms with Gasteiger partial charge in [-0.2, -0.15) is 0 Å². The van der Waals surface area contributed by atoms with Gasteiger partial charge in [-0.15, -0.1) is 0 Å². The van der Waals surface area contributed by atoms with Crippen LogP contribution in [0.3, 0.4) is 0 Å². The summed E-state index contributed by atoms with van der Waals surface area (Å²) in [6.45, 7) is 6.44. The molecule has 1 amide bonds. The Morgan fingerprint density at radius 3 is 2.57 bits per heavy atom. The zero-order chi connectivity index (χ0) is 15.5. The molecule has 21 heavy (non-hydrogen) atoms. The highest BCUT2D eigenvalue weighted by Gasteiger charge is 2.42. The Balaban J connectivity index is 1.96. The van der Waals surface area contributed by atoms with Crippen molar-refractivity contribution in [3.05, 3.63) is 0 Å². The van der Waals surface area contributed by atoms with Gasteiger partial charge < -0.3 is 15.8 Å². The smallest absolute Gasteiger partial charge is 0.237 e. The topological polar surface area (TPSA) is 64.3 Å². The average molecular weight is 296 g/mol. The minimum atomic E-state index is -0.572. The molecule has 2 saturated carbocycles. The van der Waals surface area contributed by atoms with E-state index in [1.807, 2.05) is 0 Å². The van der Waals surface area contributed by atoms with E-state index in [1.165, 1.54) is 19.3 Å². The van der Waals surface area contributed by atoms with E-state index in [1.54, 1.807) is 0 Å². The minimum absolute atomic E-state index is 0.174. The SMILES string of the molecule is CC1CCCC(OC2CCCC(NC(C)C)(C(N)=O)C2)C1. The van der Waals surface area contributed by atoms with Crippen molar-refractivity contribution < 1.29 is 9.53 Å². The maximum Gasteiger partial charge on any atom is 0.237 e. The summed E-state index contributed by atoms with van der Waals surface area (Å²) >= 11 is 0. The summed E-state index contributed by atoms with van der Waals surface area (Å²) in [4.78, 5) is 12.0. The molecule has 2 fully saturated rings. The van der Waals surface area contributed by atoms with Crippen molar-refractivity contribution in [2.45, 2.75) is 95.9 Å². The van der Waals surface area contributed by atoms with E-state index in [-0.39, 0.29) is 18.1 Å². The molecule has 0 heterocycles. The Hall–Kier alpha value is -0.610. The fourth-order valence-electron chi connectivity index (χ4n) is 4.09. The number of hydrogen-bond acceptors (Lipinski definition) is 3. The molecule has 0 radical (unpaired) electrons. The molecule has 0 aromatic carbocycles. The third-order valence-corrected chi connectivity index (χ3v) is 5.02. The molecule has 3 N–H and O–H groups in total. The summed E-state index contributed by atoms with van der Waals surface area (Å²) in [5.74, 6) is 0.545. The highest BCUT2D eigenvalue weighted by molar-refractivity contribution is 5.84. The van der Waals surface area contributed by atoms with Gasteiger partial charge in [0.05, 0.1) is 12.2 Å². The maximum absolute atomic E-state index is 12.0. The molecule has 2 rings (SSSR count). The first-order chi connectivity index (χ1) is 9.91. The van der Waals surface area contributed by atoms with Crippen LogP contribution in [0.25, 0.3) is 0 Å². The number of ether oxygens (including phenoxy) is 1. The molecule has 0 spiro atoms. The lowest BCUT2D eigenvalue weighted by molar-refractivity contribution is -0.131. The van der Waals surface area contributed by atoms with Crippen molar-refractivity contribution in [2.24, 2.45) is 11.7 Å². The van der Waals surface area contributed by atoms with Gasteiger partial charge in [0.1, 0.15) is 5.54 Å². The van der Waals surface area contributed by atoms with Crippen LogP contribution < -0.4 is 11.1 Å². The molecule has 4 nitrogen and oxygen atoms in total. The van der Waals surface area contributed by atoms with E-state index in [0.717, 1.165) is 38.0 Å². The Morgan fingerprint density at radius 1 is 1.24 bits per heavy atom. The molecule has 122 valence electrons. The fraction of sp³-hybridized carbons (Fsp3) is 0.941. The third kappa shape index (κ3) is 4.43. The molecule has 2 aliphatic carbocycles. The first kappa shape index (κ1) is 16.8. The van der Waals surface area contributed by atoms with Crippen LogP contribution in [0.15, 0.2) is 0 Å². The molecule has 2 aliphatic rings. The standard InChI is InChI=1S/C17H32N2O2/c1-12(2)19-17(16(18)20)9-5-8-15(11-17)21-14-7-4-6-13(3)10-14/h12-15,19H,4-11H2,1-3H3,(H2,18,20). The van der Waals surface area contributed by atoms with Gasteiger partial charge in [0, 0.05) is 12.5 Å². The highest BCUT2D eigenvalue weighted by Crippen LogP contribution is 2.34. The van der Waals surface area contributed by atoms with Gasteiger partial charge in [0.2, 0.25) is 5.91 Å². The zero-order valence-corrected chi connectivity index (χ0v) is 13.9. The molecule has 4 heteroatoms. The number of hydrogen-bond donors (Lipinski definition) is 2. The molecule has 0 aromatic heterocycles. The number of amides is 1. The fourth-order valence-corrected chi connectivity index (χ4v) is 4.09. The Bertz CT molecular complexity index is 359. The average Bonchev–Trinajstić information content (AvgIpc) is 2.38. The van der Waals surface area contributed by atoms with E-state index in [4.69, 9.17) is 10.5 Å². The van der Waals surface area contributed by atoms with Crippen LogP contribution in [0.1, 0.15) is 72.1 Å². The quantitative estimate of drug-likeness (QED) is 0.820. The van der Waals surface area contributed by atoms with E-state index < -0.39 is 5.54 Å². The van der Waals surface area contributed by atoms with E-state index in [0.29, 0.717) is 6.10 Å². The number of rotatable bonds is 5. The van der Waals surface area contributed by atoms with Crippen LogP contribution in [0.4, 0.5) is 0 Å². The number of nitrogens with one attached hydrogen (secondary N) is 1. The lowest BCUT2D eigenvalue weighted by Crippen LogP contribution is -2.61. The molecule has 0 saturated heterocycles. The van der Waals surface area contributed by atoms with Crippen LogP contribution in [-0.4, -0.2) is 29.7 Å². The van der Waals surface area contributed by atoms with Gasteiger partial charge in [0.15, 0.2) is 0 Å². The summed E-state index contributed by atoms with van der Waals surface area (Å²) in [6, 6.07) is 0.256. The van der Waals surface area contributed by atoms with Crippen molar-refractivity contribution in [2.75, 3.05) is 0 Å². The number of carbonyl (C=O) groups excluding carboxylic acids is 1. The van der Waals surface area contributed by atoms with Crippen molar-refractivity contribution in [3.63, 3.8) is 0 Å². The van der Waals surface area contributed by atoms with Crippen molar-refractivity contribution in [1.29, 1.82) is 0 Å². The van der Waals surface area contributed by atoms with Crippen LogP contribution >= 0.6 is 0 Å². The third-order valence-electron chi connectivity index (χ3n) is 5.02. The molecule has 0 aromatic rings. The highest BCUT2D eigenvalue weighted by atomic mass is 16.5. The molecule has 0 aliphatic heterocycles. The monoisotopic (exact) mass is 296 g/mol. The first-order valence-corrected chi connectivity index (χ1v) is 8.64. The van der Waals surface area contributed by atoms with Crippen LogP contribution in [0.5, 0.6) is 0 Å². The molecule has 4 unspecified atom stereocenters. The Kier molecular flexibility index (Phi) is 5.67. The lowest BCUT2D eigenvalue weighted by Gasteiger charge is -2.42. The van der Waals surface area contributed by atoms with Gasteiger partial charge in [0.25, 0.3) is 0 Å². The van der Waals surface area contributed by atoms with Crippen molar-refractivity contribution >= 4 is 5.91 Å². The Labute approximate surface area is 129 Å². The van der Waals surface area contributed by atoms with Gasteiger partial charge in [-0.05, 0) is 51.9 Å². The molecule has 4 atom stereocenters. The minimum Gasteiger partial charge on any atom is -0.375 e. The van der Waals surface area contributed by atoms with E-state index >= 15 is 0 Å². The second-order valence-electron chi connectivity index (χ2n) is 7.49. The van der Waals surface area contributed by atoms with Crippen molar-refractivity contribution in [1.82, 2.24) is 5.32 Å². The van der Waals surface area contributed by atoms with Crippen LogP contribution in [0.2, 0.25) is 0 Å². The molecular weight excluding hydrogens is 264 g/mol. The van der Waals surface area contributed by atoms with Crippen LogP contribution in [-0.2, 0) is 9.53 Å². The second-order valence-corrected chi connectivity index (χ2v) is 7.49. The number of nitrogens with two attached hydrogens (primary N) is 1. The molecular formula is C17H32N2O2. The summed E-state index contributed by atoms with van der Waals surface area (Å²) in [5, 5.41) is 3.42. The molecule has 0 bridgehead atoms. The van der Waals surface area contributed by atoms with E-state index in [9.17, 15) is 4.79 Å². The largest absolute Gasteiger partial charge is 0.375 e. The van der Waals surface area contributed by atoms with Gasteiger partial charge in [-0.25, -0.2) is 0 Å². The summed E-state index contributed by atoms with van der Waals surface area (Å²) in [6.07, 6.45) is 9.10. The van der Waals surface area contributed by atoms with E-state index in [2.05, 4.69) is 26.1 Å². The van der Waals surface area contributed by atoms with Gasteiger partial charge in [-0.3, -0.25) is 4.79 Å². The van der Waals surface area contributed by atoms with Gasteiger partial charge in [-0.1, -0.05) is 19.8 Å². The lowest BCUT2D eigenvalue weighted by atomic mass is 9.78. The summed E-state index contributed by atoms with van der Waals surface area (Å²) in [7, 11) is 0. The predicted molar refractivity (Wildman–Crippen MR) is 85.0 cm³/mol. The normalized spacial score (nSPS) is 37.6. The summed E-state index contributed by atoms with van der Waals surface area (Å²) < 4.78 is 6.34. The number of primary amides is 1. The van der Waals surface area contributed by atoms with Crippen molar-refractivity contribution in [3.8, 4) is 0 Å². The summed E-state index contributed by atoms with van der Waals surface area (Å²) in [5.41, 5.74) is 5.14. The maximum atomic E-state index is 12.0. The zero-order valence-electron chi connectivity index (χ0n) is 13.9. The predicted octanol–water partition coefficient (Wildman–Crippen LogP) is 2.75. The van der Waals surface area contributed by atoms with Crippen LogP contribution in [0, 0.1) is 5.92 Å².